The molecule has 0 aromatic rings. The van der Waals surface area contributed by atoms with E-state index in [0.717, 1.165) is 42.6 Å². The van der Waals surface area contributed by atoms with Gasteiger partial charge in [-0.2, -0.15) is 0 Å². The minimum atomic E-state index is -1.06. The highest BCUT2D eigenvalue weighted by atomic mass is 16.5. The van der Waals surface area contributed by atoms with Gasteiger partial charge in [0.2, 0.25) is 0 Å². The molecule has 37 heavy (non-hydrogen) atoms. The maximum atomic E-state index is 11.1. The van der Waals surface area contributed by atoms with Crippen molar-refractivity contribution in [2.75, 3.05) is 6.61 Å². The molecule has 5 aliphatic rings. The molecule has 5 fully saturated rings. The molecule has 0 aromatic heterocycles. The Bertz CT molecular complexity index is 795. The van der Waals surface area contributed by atoms with Crippen molar-refractivity contribution < 1.29 is 20.1 Å². The lowest BCUT2D eigenvalue weighted by Gasteiger charge is -2.62. The quantitative estimate of drug-likeness (QED) is 0.322. The van der Waals surface area contributed by atoms with Gasteiger partial charge in [0.1, 0.15) is 6.10 Å². The Morgan fingerprint density at radius 1 is 0.730 bits per heavy atom. The number of aliphatic hydroxyl groups is 3. The van der Waals surface area contributed by atoms with E-state index in [1.165, 1.54) is 70.6 Å². The molecule has 214 valence electrons. The van der Waals surface area contributed by atoms with Crippen molar-refractivity contribution >= 4 is 0 Å². The van der Waals surface area contributed by atoms with E-state index in [2.05, 4.69) is 27.7 Å². The van der Waals surface area contributed by atoms with Crippen LogP contribution in [0.1, 0.15) is 119 Å². The van der Waals surface area contributed by atoms with Crippen molar-refractivity contribution in [2.45, 2.75) is 143 Å². The van der Waals surface area contributed by atoms with Gasteiger partial charge >= 0.3 is 0 Å². The molecule has 0 heterocycles. The summed E-state index contributed by atoms with van der Waals surface area (Å²) in [7, 11) is 0. The smallest absolute Gasteiger partial charge is 0.106 e. The van der Waals surface area contributed by atoms with Gasteiger partial charge < -0.3 is 20.1 Å². The molecule has 5 rings (SSSR count). The Kier molecular flexibility index (Phi) is 7.93. The largest absolute Gasteiger partial charge is 0.390 e. The summed E-state index contributed by atoms with van der Waals surface area (Å²) in [6.07, 6.45) is 12.8. The fourth-order valence-corrected chi connectivity index (χ4v) is 10.5. The summed E-state index contributed by atoms with van der Waals surface area (Å²) < 4.78 is 6.59. The molecule has 0 aliphatic heterocycles. The standard InChI is InChI=1S/C33H58O4/c1-20(2)28(34)30(36)29(35)21(3)25-11-12-26-24-10-9-23-19-31(4,37-18-14-22-7-8-22)16-17-32(23,5)27(24)13-15-33(25,26)6/h20-30,34-36H,7-19H2,1-6H3/t21?,23-,24?,25?,26?,27?,28?,29?,30?,31?,32?,33?/m0/s1. The molecule has 3 N–H and O–H groups in total. The van der Waals surface area contributed by atoms with Crippen LogP contribution in [0.4, 0.5) is 0 Å². The lowest BCUT2D eigenvalue weighted by Crippen LogP contribution is -2.56. The summed E-state index contributed by atoms with van der Waals surface area (Å²) in [5.41, 5.74) is 0.771. The molecule has 0 bridgehead atoms. The fraction of sp³-hybridized carbons (Fsp3) is 1.00. The average Bonchev–Trinajstić information content (AvgIpc) is 3.61. The van der Waals surface area contributed by atoms with Crippen molar-refractivity contribution in [1.29, 1.82) is 0 Å². The monoisotopic (exact) mass is 518 g/mol. The number of fused-ring (bicyclic) bond motifs is 5. The zero-order chi connectivity index (χ0) is 26.8. The van der Waals surface area contributed by atoms with Gasteiger partial charge in [0.15, 0.2) is 0 Å². The molecule has 0 saturated heterocycles. The maximum Gasteiger partial charge on any atom is 0.106 e. The van der Waals surface area contributed by atoms with Gasteiger partial charge in [0.25, 0.3) is 0 Å². The van der Waals surface area contributed by atoms with Gasteiger partial charge in [-0.1, -0.05) is 47.5 Å². The van der Waals surface area contributed by atoms with Gasteiger partial charge in [-0.25, -0.2) is 0 Å². The number of aliphatic hydroxyl groups excluding tert-OH is 3. The van der Waals surface area contributed by atoms with Crippen molar-refractivity contribution in [3.05, 3.63) is 0 Å². The minimum absolute atomic E-state index is 0.00468. The SMILES string of the molecule is CC(C)C(O)C(O)C(O)C(C)C1CCC2C3CC[C@H]4CC(C)(OCCC5CC5)CCC4(C)C3CCC12C. The molecule has 11 unspecified atom stereocenters. The summed E-state index contributed by atoms with van der Waals surface area (Å²) >= 11 is 0. The van der Waals surface area contributed by atoms with Gasteiger partial charge in [-0.3, -0.25) is 0 Å². The first-order valence-electron chi connectivity index (χ1n) is 16.1. The van der Waals surface area contributed by atoms with Crippen molar-refractivity contribution in [2.24, 2.45) is 58.2 Å². The second-order valence-electron chi connectivity index (χ2n) is 15.7. The van der Waals surface area contributed by atoms with Crippen LogP contribution in [0.15, 0.2) is 0 Å². The second kappa shape index (κ2) is 10.3. The summed E-state index contributed by atoms with van der Waals surface area (Å²) in [5, 5.41) is 32.3. The predicted octanol–water partition coefficient (Wildman–Crippen LogP) is 6.60. The zero-order valence-corrected chi connectivity index (χ0v) is 24.8. The van der Waals surface area contributed by atoms with Crippen molar-refractivity contribution in [3.63, 3.8) is 0 Å². The topological polar surface area (TPSA) is 69.9 Å². The van der Waals surface area contributed by atoms with Crippen LogP contribution in [0.3, 0.4) is 0 Å². The summed E-state index contributed by atoms with van der Waals surface area (Å²) in [6.45, 7) is 14.5. The Labute approximate surface area is 227 Å². The molecular formula is C33H58O4. The normalized spacial score (nSPS) is 47.0. The van der Waals surface area contributed by atoms with E-state index < -0.39 is 18.3 Å². The number of hydrogen-bond acceptors (Lipinski definition) is 4. The Balaban J connectivity index is 1.25. The van der Waals surface area contributed by atoms with Crippen LogP contribution in [-0.4, -0.2) is 45.8 Å². The third kappa shape index (κ3) is 5.08. The van der Waals surface area contributed by atoms with E-state index in [4.69, 9.17) is 4.74 Å². The van der Waals surface area contributed by atoms with Crippen molar-refractivity contribution in [3.8, 4) is 0 Å². The number of hydrogen-bond donors (Lipinski definition) is 3. The number of ether oxygens (including phenoxy) is 1. The van der Waals surface area contributed by atoms with E-state index >= 15 is 0 Å². The van der Waals surface area contributed by atoms with Crippen LogP contribution in [0.2, 0.25) is 0 Å². The van der Waals surface area contributed by atoms with Gasteiger partial charge in [0, 0.05) is 6.61 Å². The zero-order valence-electron chi connectivity index (χ0n) is 24.8. The highest BCUT2D eigenvalue weighted by Gasteiger charge is 2.62. The Morgan fingerprint density at radius 3 is 2.11 bits per heavy atom. The van der Waals surface area contributed by atoms with E-state index in [-0.39, 0.29) is 22.9 Å². The molecule has 0 amide bonds. The first kappa shape index (κ1) is 28.4. The molecule has 0 radical (unpaired) electrons. The minimum Gasteiger partial charge on any atom is -0.390 e. The van der Waals surface area contributed by atoms with Crippen LogP contribution >= 0.6 is 0 Å². The van der Waals surface area contributed by atoms with Crippen LogP contribution < -0.4 is 0 Å². The molecule has 5 aliphatic carbocycles. The lowest BCUT2D eigenvalue weighted by molar-refractivity contribution is -0.166. The third-order valence-corrected chi connectivity index (χ3v) is 13.2. The first-order chi connectivity index (χ1) is 17.4. The summed E-state index contributed by atoms with van der Waals surface area (Å²) in [5.74, 6) is 4.48. The summed E-state index contributed by atoms with van der Waals surface area (Å²) in [6, 6.07) is 0. The molecule has 0 spiro atoms. The molecule has 5 saturated carbocycles. The third-order valence-electron chi connectivity index (χ3n) is 13.2. The Hall–Kier alpha value is -0.160. The number of rotatable bonds is 9. The molecule has 12 atom stereocenters. The molecule has 0 aromatic carbocycles. The van der Waals surface area contributed by atoms with Crippen LogP contribution in [0.5, 0.6) is 0 Å². The Morgan fingerprint density at radius 2 is 1.43 bits per heavy atom. The molecule has 4 heteroatoms. The van der Waals surface area contributed by atoms with E-state index in [9.17, 15) is 15.3 Å². The second-order valence-corrected chi connectivity index (χ2v) is 15.7. The van der Waals surface area contributed by atoms with Gasteiger partial charge in [0.05, 0.1) is 17.8 Å². The van der Waals surface area contributed by atoms with E-state index in [1.54, 1.807) is 0 Å². The van der Waals surface area contributed by atoms with E-state index in [1.807, 2.05) is 13.8 Å². The van der Waals surface area contributed by atoms with E-state index in [0.29, 0.717) is 11.3 Å². The fourth-order valence-electron chi connectivity index (χ4n) is 10.5. The summed E-state index contributed by atoms with van der Waals surface area (Å²) in [4.78, 5) is 0. The van der Waals surface area contributed by atoms with Crippen molar-refractivity contribution in [1.82, 2.24) is 0 Å². The van der Waals surface area contributed by atoms with Crippen LogP contribution in [-0.2, 0) is 4.74 Å². The lowest BCUT2D eigenvalue weighted by atomic mass is 9.43. The highest BCUT2D eigenvalue weighted by Crippen LogP contribution is 2.69. The van der Waals surface area contributed by atoms with Gasteiger partial charge in [-0.15, -0.1) is 0 Å². The van der Waals surface area contributed by atoms with Gasteiger partial charge in [-0.05, 0) is 129 Å². The molecular weight excluding hydrogens is 460 g/mol. The highest BCUT2D eigenvalue weighted by molar-refractivity contribution is 5.11. The molecule has 4 nitrogen and oxygen atoms in total. The van der Waals surface area contributed by atoms with Crippen LogP contribution in [0.25, 0.3) is 0 Å². The average molecular weight is 519 g/mol. The first-order valence-corrected chi connectivity index (χ1v) is 16.1. The maximum absolute atomic E-state index is 11.1. The van der Waals surface area contributed by atoms with Crippen LogP contribution in [0, 0.1) is 58.2 Å². The predicted molar refractivity (Wildman–Crippen MR) is 149 cm³/mol.